The minimum absolute atomic E-state index is 0.230. The summed E-state index contributed by atoms with van der Waals surface area (Å²) in [5, 5.41) is 7.63. The van der Waals surface area contributed by atoms with Gasteiger partial charge in [-0.1, -0.05) is 29.8 Å². The van der Waals surface area contributed by atoms with Crippen molar-refractivity contribution in [2.45, 2.75) is 33.0 Å². The number of nitrogens with one attached hydrogen (secondary N) is 1. The van der Waals surface area contributed by atoms with E-state index < -0.39 is 0 Å². The first-order chi connectivity index (χ1) is 9.04. The van der Waals surface area contributed by atoms with Gasteiger partial charge in [-0.25, -0.2) is 4.39 Å². The van der Waals surface area contributed by atoms with Crippen LogP contribution in [0.25, 0.3) is 0 Å². The Kier molecular flexibility index (Phi) is 4.71. The summed E-state index contributed by atoms with van der Waals surface area (Å²) in [7, 11) is 0. The number of halogens is 2. The van der Waals surface area contributed by atoms with E-state index in [0.717, 1.165) is 22.1 Å². The summed E-state index contributed by atoms with van der Waals surface area (Å²) >= 11 is 3.42. The normalized spacial score (nSPS) is 11.2. The van der Waals surface area contributed by atoms with Gasteiger partial charge in [0.15, 0.2) is 0 Å². The molecule has 0 atom stereocenters. The summed E-state index contributed by atoms with van der Waals surface area (Å²) < 4.78 is 15.9. The highest BCUT2D eigenvalue weighted by Gasteiger charge is 2.05. The van der Waals surface area contributed by atoms with Crippen LogP contribution in [0, 0.1) is 5.82 Å². The van der Waals surface area contributed by atoms with Crippen LogP contribution in [0.2, 0.25) is 0 Å². The van der Waals surface area contributed by atoms with Crippen molar-refractivity contribution in [3.05, 3.63) is 52.0 Å². The lowest BCUT2D eigenvalue weighted by molar-refractivity contribution is 0.588. The lowest BCUT2D eigenvalue weighted by atomic mass is 10.2. The van der Waals surface area contributed by atoms with Gasteiger partial charge in [-0.3, -0.25) is 4.68 Å². The minimum Gasteiger partial charge on any atom is -0.310 e. The molecule has 0 bridgehead atoms. The first kappa shape index (κ1) is 14.2. The Hall–Kier alpha value is -1.20. The van der Waals surface area contributed by atoms with Crippen LogP contribution < -0.4 is 5.32 Å². The van der Waals surface area contributed by atoms with E-state index in [1.807, 2.05) is 17.1 Å². The van der Waals surface area contributed by atoms with Crippen molar-refractivity contribution in [1.82, 2.24) is 15.1 Å². The highest BCUT2D eigenvalue weighted by atomic mass is 79.9. The molecule has 19 heavy (non-hydrogen) atoms. The Morgan fingerprint density at radius 3 is 2.95 bits per heavy atom. The number of nitrogens with zero attached hydrogens (tertiary/aromatic N) is 2. The minimum atomic E-state index is -0.230. The maximum atomic E-state index is 13.2. The van der Waals surface area contributed by atoms with Gasteiger partial charge in [0.05, 0.1) is 12.7 Å². The van der Waals surface area contributed by atoms with Gasteiger partial charge in [0, 0.05) is 28.8 Å². The third-order valence-corrected chi connectivity index (χ3v) is 3.51. The Morgan fingerprint density at radius 2 is 2.21 bits per heavy atom. The second kappa shape index (κ2) is 6.30. The summed E-state index contributed by atoms with van der Waals surface area (Å²) in [6.07, 6.45) is 3.81. The third kappa shape index (κ3) is 4.14. The maximum absolute atomic E-state index is 13.2. The summed E-state index contributed by atoms with van der Waals surface area (Å²) in [4.78, 5) is 0. The fraction of sp³-hybridized carbons (Fsp3) is 0.357. The highest BCUT2D eigenvalue weighted by molar-refractivity contribution is 9.10. The van der Waals surface area contributed by atoms with Gasteiger partial charge < -0.3 is 5.32 Å². The smallest absolute Gasteiger partial charge is 0.123 e. The summed E-state index contributed by atoms with van der Waals surface area (Å²) in [5.41, 5.74) is 2.01. The van der Waals surface area contributed by atoms with Crippen molar-refractivity contribution < 1.29 is 4.39 Å². The molecule has 0 saturated carbocycles. The van der Waals surface area contributed by atoms with E-state index in [4.69, 9.17) is 0 Å². The monoisotopic (exact) mass is 325 g/mol. The van der Waals surface area contributed by atoms with Crippen LogP contribution in [0.4, 0.5) is 4.39 Å². The number of hydrogen-bond acceptors (Lipinski definition) is 2. The predicted octanol–water partition coefficient (Wildman–Crippen LogP) is 3.33. The molecule has 0 spiro atoms. The van der Waals surface area contributed by atoms with Crippen LogP contribution in [-0.4, -0.2) is 15.8 Å². The highest BCUT2D eigenvalue weighted by Crippen LogP contribution is 2.18. The molecule has 1 aromatic carbocycles. The molecular formula is C14H17BrFN3. The lowest BCUT2D eigenvalue weighted by Gasteiger charge is -2.06. The van der Waals surface area contributed by atoms with Crippen molar-refractivity contribution in [3.8, 4) is 0 Å². The molecule has 0 fully saturated rings. The van der Waals surface area contributed by atoms with E-state index >= 15 is 0 Å². The first-order valence-corrected chi connectivity index (χ1v) is 7.02. The van der Waals surface area contributed by atoms with Gasteiger partial charge in [-0.2, -0.15) is 5.10 Å². The number of benzene rings is 1. The van der Waals surface area contributed by atoms with Gasteiger partial charge in [-0.15, -0.1) is 0 Å². The summed E-state index contributed by atoms with van der Waals surface area (Å²) in [6, 6.07) is 5.13. The average Bonchev–Trinajstić information content (AvgIpc) is 2.79. The number of aromatic nitrogens is 2. The van der Waals surface area contributed by atoms with Gasteiger partial charge >= 0.3 is 0 Å². The SMILES string of the molecule is CC(C)NCc1cnn(Cc2cc(F)ccc2Br)c1. The molecule has 2 aromatic rings. The van der Waals surface area contributed by atoms with Gasteiger partial charge in [0.2, 0.25) is 0 Å². The number of rotatable bonds is 5. The number of hydrogen-bond donors (Lipinski definition) is 1. The van der Waals surface area contributed by atoms with Crippen molar-refractivity contribution in [2.75, 3.05) is 0 Å². The molecule has 0 unspecified atom stereocenters. The molecule has 0 aliphatic rings. The zero-order valence-electron chi connectivity index (χ0n) is 11.0. The molecule has 0 aliphatic heterocycles. The van der Waals surface area contributed by atoms with Gasteiger partial charge in [0.1, 0.15) is 5.82 Å². The molecule has 1 heterocycles. The van der Waals surface area contributed by atoms with E-state index in [-0.39, 0.29) is 5.82 Å². The molecule has 1 N–H and O–H groups in total. The standard InChI is InChI=1S/C14H17BrFN3/c1-10(2)17-6-11-7-18-19(8-11)9-12-5-13(16)3-4-14(12)15/h3-5,7-8,10,17H,6,9H2,1-2H3. The van der Waals surface area contributed by atoms with Crippen molar-refractivity contribution in [2.24, 2.45) is 0 Å². The summed E-state index contributed by atoms with van der Waals surface area (Å²) in [6.45, 7) is 5.56. The predicted molar refractivity (Wildman–Crippen MR) is 77.4 cm³/mol. The molecule has 102 valence electrons. The lowest BCUT2D eigenvalue weighted by Crippen LogP contribution is -2.21. The maximum Gasteiger partial charge on any atom is 0.123 e. The largest absolute Gasteiger partial charge is 0.310 e. The molecule has 0 saturated heterocycles. The van der Waals surface area contributed by atoms with Crippen LogP contribution in [0.5, 0.6) is 0 Å². The van der Waals surface area contributed by atoms with E-state index in [0.29, 0.717) is 12.6 Å². The quantitative estimate of drug-likeness (QED) is 0.913. The third-order valence-electron chi connectivity index (χ3n) is 2.74. The molecule has 5 heteroatoms. The van der Waals surface area contributed by atoms with Crippen molar-refractivity contribution in [1.29, 1.82) is 0 Å². The second-order valence-corrected chi connectivity index (χ2v) is 5.67. The summed E-state index contributed by atoms with van der Waals surface area (Å²) in [5.74, 6) is -0.230. The molecule has 2 rings (SSSR count). The Balaban J connectivity index is 2.05. The fourth-order valence-corrected chi connectivity index (χ4v) is 2.12. The van der Waals surface area contributed by atoms with Crippen LogP contribution in [-0.2, 0) is 13.1 Å². The Morgan fingerprint density at radius 1 is 1.42 bits per heavy atom. The zero-order chi connectivity index (χ0) is 13.8. The second-order valence-electron chi connectivity index (χ2n) is 4.82. The van der Waals surface area contributed by atoms with Crippen molar-refractivity contribution >= 4 is 15.9 Å². The molecule has 1 aromatic heterocycles. The Bertz CT molecular complexity index is 551. The molecule has 3 nitrogen and oxygen atoms in total. The van der Waals surface area contributed by atoms with E-state index in [2.05, 4.69) is 40.2 Å². The van der Waals surface area contributed by atoms with Crippen molar-refractivity contribution in [3.63, 3.8) is 0 Å². The van der Waals surface area contributed by atoms with E-state index in [1.54, 1.807) is 6.07 Å². The topological polar surface area (TPSA) is 29.9 Å². The van der Waals surface area contributed by atoms with E-state index in [1.165, 1.54) is 12.1 Å². The van der Waals surface area contributed by atoms with Gasteiger partial charge in [0.25, 0.3) is 0 Å². The molecule has 0 amide bonds. The average molecular weight is 326 g/mol. The van der Waals surface area contributed by atoms with Crippen LogP contribution in [0.3, 0.4) is 0 Å². The molecule has 0 aliphatic carbocycles. The van der Waals surface area contributed by atoms with Crippen LogP contribution in [0.1, 0.15) is 25.0 Å². The zero-order valence-corrected chi connectivity index (χ0v) is 12.6. The van der Waals surface area contributed by atoms with Gasteiger partial charge in [-0.05, 0) is 23.8 Å². The molecule has 0 radical (unpaired) electrons. The first-order valence-electron chi connectivity index (χ1n) is 6.23. The molecular weight excluding hydrogens is 309 g/mol. The van der Waals surface area contributed by atoms with Crippen LogP contribution in [0.15, 0.2) is 35.1 Å². The van der Waals surface area contributed by atoms with Crippen LogP contribution >= 0.6 is 15.9 Å². The Labute approximate surface area is 121 Å². The fourth-order valence-electron chi connectivity index (χ4n) is 1.75. The van der Waals surface area contributed by atoms with E-state index in [9.17, 15) is 4.39 Å².